The first-order chi connectivity index (χ1) is 18.2. The molecule has 0 spiro atoms. The maximum atomic E-state index is 12.5. The highest BCUT2D eigenvalue weighted by Gasteiger charge is 2.36. The van der Waals surface area contributed by atoms with Crippen molar-refractivity contribution in [3.8, 4) is 0 Å². The molecule has 0 aromatic carbocycles. The van der Waals surface area contributed by atoms with Crippen LogP contribution >= 0.6 is 24.4 Å². The number of urea groups is 2. The van der Waals surface area contributed by atoms with Crippen LogP contribution in [0.4, 0.5) is 9.59 Å². The van der Waals surface area contributed by atoms with Crippen LogP contribution in [0.25, 0.3) is 0 Å². The highest BCUT2D eigenvalue weighted by Crippen LogP contribution is 2.29. The lowest BCUT2D eigenvalue weighted by Crippen LogP contribution is -2.39. The summed E-state index contributed by atoms with van der Waals surface area (Å²) in [5, 5.41) is 0. The van der Waals surface area contributed by atoms with Crippen molar-refractivity contribution in [1.29, 1.82) is 0 Å². The van der Waals surface area contributed by atoms with E-state index in [1.54, 1.807) is 19.6 Å². The fraction of sp³-hybridized carbons (Fsp3) is 0.793. The predicted octanol–water partition coefficient (Wildman–Crippen LogP) is 5.86. The van der Waals surface area contributed by atoms with E-state index in [0.29, 0.717) is 81.3 Å². The first kappa shape index (κ1) is 33.3. The van der Waals surface area contributed by atoms with Gasteiger partial charge in [-0.2, -0.15) is 0 Å². The summed E-state index contributed by atoms with van der Waals surface area (Å²) in [5.41, 5.74) is -0.258. The number of amides is 4. The third-order valence-electron chi connectivity index (χ3n) is 7.72. The lowest BCUT2D eigenvalue weighted by atomic mass is 9.85. The number of thiocarbonyl (C=S) groups is 2. The molecular weight excluding hydrogens is 532 g/mol. The molecule has 0 bridgehead atoms. The van der Waals surface area contributed by atoms with Crippen LogP contribution in [0.5, 0.6) is 0 Å². The van der Waals surface area contributed by atoms with Crippen LogP contribution in [0.2, 0.25) is 0 Å². The minimum absolute atomic E-state index is 0.0195. The van der Waals surface area contributed by atoms with E-state index in [-0.39, 0.29) is 34.5 Å². The average Bonchev–Trinajstić information content (AvgIpc) is 3.27. The molecule has 2 saturated heterocycles. The average molecular weight is 581 g/mol. The van der Waals surface area contributed by atoms with E-state index in [2.05, 4.69) is 27.7 Å². The summed E-state index contributed by atoms with van der Waals surface area (Å²) >= 11 is 10.8. The third-order valence-corrected chi connectivity index (χ3v) is 8.42. The summed E-state index contributed by atoms with van der Waals surface area (Å²) in [7, 11) is 0. The molecule has 2 rings (SSSR count). The van der Waals surface area contributed by atoms with Crippen molar-refractivity contribution in [2.24, 2.45) is 10.8 Å². The Kier molecular flexibility index (Phi) is 12.5. The fourth-order valence-electron chi connectivity index (χ4n) is 5.27. The number of rotatable bonds is 18. The Morgan fingerprint density at radius 3 is 1.31 bits per heavy atom. The maximum Gasteiger partial charge on any atom is 0.325 e. The van der Waals surface area contributed by atoms with Crippen molar-refractivity contribution in [3.63, 3.8) is 0 Å². The molecule has 10 heteroatoms. The van der Waals surface area contributed by atoms with Gasteiger partial charge in [0.05, 0.1) is 13.1 Å². The van der Waals surface area contributed by atoms with Gasteiger partial charge in [-0.25, -0.2) is 9.59 Å². The first-order valence-corrected chi connectivity index (χ1v) is 15.2. The van der Waals surface area contributed by atoms with E-state index in [1.165, 1.54) is 0 Å². The van der Waals surface area contributed by atoms with Crippen LogP contribution in [0, 0.1) is 10.8 Å². The van der Waals surface area contributed by atoms with E-state index >= 15 is 0 Å². The number of hydrogen-bond donors (Lipinski definition) is 0. The van der Waals surface area contributed by atoms with Gasteiger partial charge in [0, 0.05) is 51.9 Å². The van der Waals surface area contributed by atoms with Gasteiger partial charge in [0.1, 0.15) is 21.5 Å². The number of hydrogen-bond acceptors (Lipinski definition) is 6. The Morgan fingerprint density at radius 2 is 1.00 bits per heavy atom. The van der Waals surface area contributed by atoms with Crippen LogP contribution < -0.4 is 0 Å². The summed E-state index contributed by atoms with van der Waals surface area (Å²) in [6.07, 6.45) is 5.64. The molecule has 8 nitrogen and oxygen atoms in total. The smallest absolute Gasteiger partial charge is 0.318 e. The van der Waals surface area contributed by atoms with Crippen LogP contribution in [-0.4, -0.2) is 92.5 Å². The highest BCUT2D eigenvalue weighted by molar-refractivity contribution is 7.80. The lowest BCUT2D eigenvalue weighted by Gasteiger charge is -2.30. The fourth-order valence-corrected chi connectivity index (χ4v) is 5.87. The quantitative estimate of drug-likeness (QED) is 0.189. The monoisotopic (exact) mass is 580 g/mol. The first-order valence-electron chi connectivity index (χ1n) is 14.4. The zero-order valence-electron chi connectivity index (χ0n) is 24.8. The molecule has 2 aliphatic heterocycles. The molecule has 0 aliphatic carbocycles. The molecule has 0 radical (unpaired) electrons. The van der Waals surface area contributed by atoms with Gasteiger partial charge in [-0.1, -0.05) is 52.1 Å². The largest absolute Gasteiger partial charge is 0.325 e. The minimum Gasteiger partial charge on any atom is -0.318 e. The second kappa shape index (κ2) is 14.6. The molecule has 4 amide bonds. The van der Waals surface area contributed by atoms with Gasteiger partial charge in [-0.15, -0.1) is 0 Å². The number of Topliss-reactive ketones (excluding diaryl/α,β-unsaturated/α-hetero) is 2. The third kappa shape index (κ3) is 10.2. The van der Waals surface area contributed by atoms with Crippen molar-refractivity contribution in [2.45, 2.75) is 99.3 Å². The summed E-state index contributed by atoms with van der Waals surface area (Å²) in [6, 6.07) is -0.0389. The number of nitrogens with zero attached hydrogens (tertiary/aromatic N) is 4. The topological polar surface area (TPSA) is 81.2 Å². The van der Waals surface area contributed by atoms with Gasteiger partial charge >= 0.3 is 12.1 Å². The maximum absolute atomic E-state index is 12.5. The van der Waals surface area contributed by atoms with Crippen LogP contribution in [0.1, 0.15) is 99.3 Å². The summed E-state index contributed by atoms with van der Waals surface area (Å²) < 4.78 is 0. The normalized spacial score (nSPS) is 16.8. The zero-order chi connectivity index (χ0) is 29.4. The molecule has 0 N–H and O–H groups in total. The Morgan fingerprint density at radius 1 is 0.667 bits per heavy atom. The van der Waals surface area contributed by atoms with Gasteiger partial charge in [0.15, 0.2) is 0 Å². The summed E-state index contributed by atoms with van der Waals surface area (Å²) in [6.45, 7) is 15.8. The Hall–Kier alpha value is -1.94. The predicted molar refractivity (Wildman–Crippen MR) is 163 cm³/mol. The van der Waals surface area contributed by atoms with E-state index < -0.39 is 0 Å². The SMILES string of the molecule is CCN1CC(=S)N(CC(C)(C)CCCC(=O)CCCC(=O)CCCC(C)(C)CN2C(=O)N(CC)CC2=S)C1=O. The second-order valence-corrected chi connectivity index (χ2v) is 13.5. The molecule has 220 valence electrons. The van der Waals surface area contributed by atoms with Gasteiger partial charge in [-0.05, 0) is 56.8 Å². The molecule has 2 heterocycles. The highest BCUT2D eigenvalue weighted by atomic mass is 32.1. The van der Waals surface area contributed by atoms with Crippen LogP contribution in [0.15, 0.2) is 0 Å². The summed E-state index contributed by atoms with van der Waals surface area (Å²) in [4.78, 5) is 58.0. The molecule has 0 saturated carbocycles. The van der Waals surface area contributed by atoms with Crippen molar-refractivity contribution < 1.29 is 19.2 Å². The van der Waals surface area contributed by atoms with Gasteiger partial charge in [-0.3, -0.25) is 19.4 Å². The van der Waals surface area contributed by atoms with E-state index in [9.17, 15) is 19.2 Å². The lowest BCUT2D eigenvalue weighted by molar-refractivity contribution is -0.120. The van der Waals surface area contributed by atoms with E-state index in [4.69, 9.17) is 24.4 Å². The summed E-state index contributed by atoms with van der Waals surface area (Å²) in [5.74, 6) is 0.383. The van der Waals surface area contributed by atoms with Gasteiger partial charge in [0.2, 0.25) is 0 Å². The molecular formula is C29H48N4O4S2. The molecule has 2 fully saturated rings. The van der Waals surface area contributed by atoms with Crippen molar-refractivity contribution in [3.05, 3.63) is 0 Å². The molecule has 0 aromatic rings. The molecule has 0 aromatic heterocycles. The Balaban J connectivity index is 1.60. The second-order valence-electron chi connectivity index (χ2n) is 12.5. The molecule has 39 heavy (non-hydrogen) atoms. The Bertz CT molecular complexity index is 876. The van der Waals surface area contributed by atoms with E-state index in [0.717, 1.165) is 25.7 Å². The van der Waals surface area contributed by atoms with Crippen molar-refractivity contribution in [1.82, 2.24) is 19.6 Å². The minimum atomic E-state index is -0.129. The van der Waals surface area contributed by atoms with Crippen LogP contribution in [-0.2, 0) is 9.59 Å². The molecule has 0 atom stereocenters. The standard InChI is InChI=1S/C29H48N4O4S2/c1-7-30-18-24(38)32(26(30)36)20-28(3,4)16-10-14-22(34)12-9-13-23(35)15-11-17-29(5,6)21-33-25(39)19-31(8-2)27(33)37/h7-21H2,1-6H3. The number of carbonyl (C=O) groups excluding carboxylic acids is 4. The molecule has 2 aliphatic rings. The zero-order valence-corrected chi connectivity index (χ0v) is 26.5. The van der Waals surface area contributed by atoms with Crippen molar-refractivity contribution in [2.75, 3.05) is 39.3 Å². The van der Waals surface area contributed by atoms with Crippen LogP contribution in [0.3, 0.4) is 0 Å². The van der Waals surface area contributed by atoms with Crippen molar-refractivity contribution >= 4 is 58.0 Å². The molecule has 0 unspecified atom stereocenters. The number of carbonyl (C=O) groups is 4. The number of likely N-dealkylation sites (N-methyl/N-ethyl adjacent to an activating group) is 2. The van der Waals surface area contributed by atoms with E-state index in [1.807, 2.05) is 13.8 Å². The van der Waals surface area contributed by atoms with Gasteiger partial charge in [0.25, 0.3) is 0 Å². The Labute approximate surface area is 245 Å². The van der Waals surface area contributed by atoms with Gasteiger partial charge < -0.3 is 9.80 Å². The number of ketones is 2.